The summed E-state index contributed by atoms with van der Waals surface area (Å²) in [6, 6.07) is 5.03. The molecule has 0 spiro atoms. The first-order chi connectivity index (χ1) is 9.70. The van der Waals surface area contributed by atoms with Crippen molar-refractivity contribution in [2.45, 2.75) is 38.5 Å². The molecule has 1 aliphatic rings. The highest BCUT2D eigenvalue weighted by Gasteiger charge is 2.16. The normalized spacial score (nSPS) is 16.4. The summed E-state index contributed by atoms with van der Waals surface area (Å²) >= 11 is 0. The zero-order valence-corrected chi connectivity index (χ0v) is 11.9. The molecule has 0 aliphatic heterocycles. The van der Waals surface area contributed by atoms with Gasteiger partial charge in [0, 0.05) is 18.3 Å². The molecule has 0 saturated heterocycles. The number of benzene rings is 1. The molecule has 1 saturated carbocycles. The van der Waals surface area contributed by atoms with E-state index in [2.05, 4.69) is 5.32 Å². The van der Waals surface area contributed by atoms with Crippen LogP contribution in [0, 0.1) is 16.0 Å². The molecule has 0 unspecified atom stereocenters. The monoisotopic (exact) mass is 278 g/mol. The lowest BCUT2D eigenvalue weighted by molar-refractivity contribution is -0.385. The van der Waals surface area contributed by atoms with Gasteiger partial charge in [-0.25, -0.2) is 0 Å². The van der Waals surface area contributed by atoms with E-state index in [-0.39, 0.29) is 5.69 Å². The van der Waals surface area contributed by atoms with Crippen LogP contribution < -0.4 is 10.1 Å². The molecular formula is C15H22N2O3. The second-order valence-electron chi connectivity index (χ2n) is 5.38. The second kappa shape index (κ2) is 7.12. The van der Waals surface area contributed by atoms with Gasteiger partial charge in [-0.05, 0) is 30.9 Å². The third-order valence-corrected chi connectivity index (χ3v) is 3.95. The van der Waals surface area contributed by atoms with Crippen molar-refractivity contribution in [3.63, 3.8) is 0 Å². The molecule has 1 aromatic carbocycles. The van der Waals surface area contributed by atoms with Crippen molar-refractivity contribution < 1.29 is 9.66 Å². The van der Waals surface area contributed by atoms with E-state index < -0.39 is 4.92 Å². The molecule has 0 aromatic heterocycles. The number of hydrogen-bond donors (Lipinski definition) is 1. The molecule has 5 nitrogen and oxygen atoms in total. The van der Waals surface area contributed by atoms with Crippen LogP contribution in [0.2, 0.25) is 0 Å². The number of hydrogen-bond acceptors (Lipinski definition) is 4. The fourth-order valence-electron chi connectivity index (χ4n) is 2.77. The summed E-state index contributed by atoms with van der Waals surface area (Å²) in [7, 11) is 1.45. The Morgan fingerprint density at radius 1 is 1.30 bits per heavy atom. The number of nitrogens with one attached hydrogen (secondary N) is 1. The molecule has 0 radical (unpaired) electrons. The molecule has 0 atom stereocenters. The van der Waals surface area contributed by atoms with Gasteiger partial charge in [0.1, 0.15) is 0 Å². The summed E-state index contributed by atoms with van der Waals surface area (Å²) in [4.78, 5) is 10.6. The minimum atomic E-state index is -0.407. The van der Waals surface area contributed by atoms with Gasteiger partial charge in [-0.15, -0.1) is 0 Å². The third-order valence-electron chi connectivity index (χ3n) is 3.95. The molecule has 1 aliphatic carbocycles. The smallest absolute Gasteiger partial charge is 0.312 e. The van der Waals surface area contributed by atoms with Crippen LogP contribution >= 0.6 is 0 Å². The van der Waals surface area contributed by atoms with Gasteiger partial charge < -0.3 is 10.1 Å². The van der Waals surface area contributed by atoms with E-state index in [0.29, 0.717) is 11.7 Å². The maximum absolute atomic E-state index is 11.0. The topological polar surface area (TPSA) is 64.4 Å². The van der Waals surface area contributed by atoms with Crippen molar-refractivity contribution in [1.82, 2.24) is 0 Å². The van der Waals surface area contributed by atoms with Crippen LogP contribution in [0.4, 0.5) is 11.4 Å². The number of anilines is 1. The maximum atomic E-state index is 11.0. The molecule has 0 heterocycles. The van der Waals surface area contributed by atoms with Crippen LogP contribution in [-0.2, 0) is 0 Å². The van der Waals surface area contributed by atoms with Crippen molar-refractivity contribution >= 4 is 11.4 Å². The standard InChI is InChI=1S/C15H22N2O3/c1-20-15-9-8-13(10-14(15)17(18)19)16-11-12-6-4-2-3-5-7-12/h8-10,12,16H,2-7,11H2,1H3. The van der Waals surface area contributed by atoms with Gasteiger partial charge in [0.05, 0.1) is 12.0 Å². The van der Waals surface area contributed by atoms with Crippen molar-refractivity contribution in [1.29, 1.82) is 0 Å². The molecule has 1 aromatic rings. The average Bonchev–Trinajstić information content (AvgIpc) is 2.73. The number of nitro benzene ring substituents is 1. The van der Waals surface area contributed by atoms with E-state index in [1.807, 2.05) is 6.07 Å². The Bertz CT molecular complexity index is 454. The number of nitro groups is 1. The van der Waals surface area contributed by atoms with E-state index >= 15 is 0 Å². The summed E-state index contributed by atoms with van der Waals surface area (Å²) in [5.41, 5.74) is 0.806. The van der Waals surface area contributed by atoms with Gasteiger partial charge in [0.2, 0.25) is 0 Å². The Balaban J connectivity index is 1.98. The number of ether oxygens (including phenoxy) is 1. The molecule has 1 fully saturated rings. The zero-order chi connectivity index (χ0) is 14.4. The molecule has 110 valence electrons. The van der Waals surface area contributed by atoms with Crippen LogP contribution in [0.3, 0.4) is 0 Å². The Labute approximate surface area is 119 Å². The Hall–Kier alpha value is -1.78. The maximum Gasteiger partial charge on any atom is 0.312 e. The Morgan fingerprint density at radius 3 is 2.60 bits per heavy atom. The fraction of sp³-hybridized carbons (Fsp3) is 0.600. The minimum absolute atomic E-state index is 0.0124. The van der Waals surface area contributed by atoms with E-state index in [0.717, 1.165) is 12.2 Å². The quantitative estimate of drug-likeness (QED) is 0.502. The molecule has 5 heteroatoms. The van der Waals surface area contributed by atoms with Gasteiger partial charge in [-0.1, -0.05) is 25.7 Å². The van der Waals surface area contributed by atoms with Crippen LogP contribution in [0.15, 0.2) is 18.2 Å². The summed E-state index contributed by atoms with van der Waals surface area (Å²) in [5, 5.41) is 14.3. The lowest BCUT2D eigenvalue weighted by atomic mass is 10.0. The van der Waals surface area contributed by atoms with Crippen molar-refractivity contribution in [2.24, 2.45) is 5.92 Å². The van der Waals surface area contributed by atoms with E-state index in [4.69, 9.17) is 4.74 Å². The van der Waals surface area contributed by atoms with Gasteiger partial charge >= 0.3 is 5.69 Å². The zero-order valence-electron chi connectivity index (χ0n) is 11.9. The number of methoxy groups -OCH3 is 1. The van der Waals surface area contributed by atoms with Crippen LogP contribution in [0.1, 0.15) is 38.5 Å². The second-order valence-corrected chi connectivity index (χ2v) is 5.38. The molecule has 0 amide bonds. The highest BCUT2D eigenvalue weighted by atomic mass is 16.6. The van der Waals surface area contributed by atoms with E-state index in [9.17, 15) is 10.1 Å². The highest BCUT2D eigenvalue weighted by molar-refractivity contribution is 5.58. The largest absolute Gasteiger partial charge is 0.490 e. The minimum Gasteiger partial charge on any atom is -0.490 e. The lowest BCUT2D eigenvalue weighted by Gasteiger charge is -2.15. The van der Waals surface area contributed by atoms with Gasteiger partial charge in [-0.3, -0.25) is 10.1 Å². The van der Waals surface area contributed by atoms with Crippen molar-refractivity contribution in [3.05, 3.63) is 28.3 Å². The average molecular weight is 278 g/mol. The molecule has 2 rings (SSSR count). The summed E-state index contributed by atoms with van der Waals surface area (Å²) < 4.78 is 5.00. The van der Waals surface area contributed by atoms with Crippen LogP contribution in [0.5, 0.6) is 5.75 Å². The summed E-state index contributed by atoms with van der Waals surface area (Å²) in [5.74, 6) is 0.980. The predicted octanol–water partition coefficient (Wildman–Crippen LogP) is 3.99. The SMILES string of the molecule is COc1ccc(NCC2CCCCCC2)cc1[N+](=O)[O-]. The third kappa shape index (κ3) is 3.85. The Morgan fingerprint density at radius 2 is 2.00 bits per heavy atom. The molecular weight excluding hydrogens is 256 g/mol. The molecule has 0 bridgehead atoms. The fourth-order valence-corrected chi connectivity index (χ4v) is 2.77. The number of nitrogens with zero attached hydrogens (tertiary/aromatic N) is 1. The van der Waals surface area contributed by atoms with Crippen LogP contribution in [0.25, 0.3) is 0 Å². The first-order valence-corrected chi connectivity index (χ1v) is 7.27. The van der Waals surface area contributed by atoms with Crippen molar-refractivity contribution in [2.75, 3.05) is 19.0 Å². The number of rotatable bonds is 5. The first-order valence-electron chi connectivity index (χ1n) is 7.27. The predicted molar refractivity (Wildman–Crippen MR) is 79.3 cm³/mol. The summed E-state index contributed by atoms with van der Waals surface area (Å²) in [6.45, 7) is 0.892. The van der Waals surface area contributed by atoms with Gasteiger partial charge in [0.25, 0.3) is 0 Å². The molecule has 1 N–H and O–H groups in total. The molecule has 20 heavy (non-hydrogen) atoms. The van der Waals surface area contributed by atoms with Crippen molar-refractivity contribution in [3.8, 4) is 5.75 Å². The van der Waals surface area contributed by atoms with Gasteiger partial charge in [-0.2, -0.15) is 0 Å². The van der Waals surface area contributed by atoms with Gasteiger partial charge in [0.15, 0.2) is 5.75 Å². The highest BCUT2D eigenvalue weighted by Crippen LogP contribution is 2.30. The van der Waals surface area contributed by atoms with E-state index in [1.54, 1.807) is 12.1 Å². The van der Waals surface area contributed by atoms with E-state index in [1.165, 1.54) is 45.6 Å². The lowest BCUT2D eigenvalue weighted by Crippen LogP contribution is -2.13. The first kappa shape index (κ1) is 14.6. The summed E-state index contributed by atoms with van der Waals surface area (Å²) in [6.07, 6.45) is 7.79. The Kier molecular flexibility index (Phi) is 5.21. The van der Waals surface area contributed by atoms with Crippen LogP contribution in [-0.4, -0.2) is 18.6 Å².